The Hall–Kier alpha value is -0.560. The van der Waals surface area contributed by atoms with Gasteiger partial charge in [-0.15, -0.1) is 0 Å². The Balaban J connectivity index is 4.36. The van der Waals surface area contributed by atoms with E-state index in [0.717, 1.165) is 5.57 Å². The number of carbonyl (C=O) groups is 1. The Labute approximate surface area is 79.6 Å². The SMILES string of the molecule is CCP(=O)(CC)OC(=O)C=C(C)C. The fourth-order valence-corrected chi connectivity index (χ4v) is 1.86. The molecule has 13 heavy (non-hydrogen) atoms. The van der Waals surface area contributed by atoms with Gasteiger partial charge in [-0.25, -0.2) is 4.79 Å². The number of hydrogen-bond acceptors (Lipinski definition) is 3. The molecule has 0 bridgehead atoms. The molecule has 3 nitrogen and oxygen atoms in total. The van der Waals surface area contributed by atoms with Gasteiger partial charge in [0, 0.05) is 18.4 Å². The highest BCUT2D eigenvalue weighted by molar-refractivity contribution is 7.59. The van der Waals surface area contributed by atoms with Gasteiger partial charge in [-0.05, 0) is 13.8 Å². The van der Waals surface area contributed by atoms with Crippen LogP contribution >= 0.6 is 7.37 Å². The molecule has 0 spiro atoms. The standard InChI is InChI=1S/C9H17O3P/c1-5-13(11,6-2)12-9(10)7-8(3)4/h7H,5-6H2,1-4H3. The van der Waals surface area contributed by atoms with Crippen molar-refractivity contribution in [3.63, 3.8) is 0 Å². The minimum Gasteiger partial charge on any atom is -0.409 e. The summed E-state index contributed by atoms with van der Waals surface area (Å²) in [6, 6.07) is 0. The largest absolute Gasteiger partial charge is 0.409 e. The summed E-state index contributed by atoms with van der Waals surface area (Å²) in [6.07, 6.45) is 2.18. The van der Waals surface area contributed by atoms with E-state index in [1.807, 2.05) is 0 Å². The molecule has 4 heteroatoms. The quantitative estimate of drug-likeness (QED) is 0.522. The predicted octanol–water partition coefficient (Wildman–Crippen LogP) is 2.81. The van der Waals surface area contributed by atoms with Gasteiger partial charge in [-0.2, -0.15) is 0 Å². The highest BCUT2D eigenvalue weighted by Crippen LogP contribution is 2.45. The topological polar surface area (TPSA) is 43.4 Å². The van der Waals surface area contributed by atoms with Crippen LogP contribution in [0, 0.1) is 0 Å². The summed E-state index contributed by atoms with van der Waals surface area (Å²) in [5, 5.41) is 0. The third-order valence-electron chi connectivity index (χ3n) is 1.63. The van der Waals surface area contributed by atoms with Crippen molar-refractivity contribution in [1.82, 2.24) is 0 Å². The smallest absolute Gasteiger partial charge is 0.335 e. The van der Waals surface area contributed by atoms with E-state index >= 15 is 0 Å². The third kappa shape index (κ3) is 4.89. The van der Waals surface area contributed by atoms with E-state index in [2.05, 4.69) is 0 Å². The van der Waals surface area contributed by atoms with Crippen LogP contribution in [0.15, 0.2) is 11.6 Å². The van der Waals surface area contributed by atoms with E-state index in [1.165, 1.54) is 6.08 Å². The first kappa shape index (κ1) is 12.4. The lowest BCUT2D eigenvalue weighted by atomic mass is 10.3. The number of allylic oxidation sites excluding steroid dienone is 1. The van der Waals surface area contributed by atoms with Gasteiger partial charge in [0.1, 0.15) is 0 Å². The molecular weight excluding hydrogens is 187 g/mol. The molecule has 0 aromatic carbocycles. The van der Waals surface area contributed by atoms with Crippen LogP contribution in [0.25, 0.3) is 0 Å². The first-order valence-electron chi connectivity index (χ1n) is 4.40. The molecule has 0 heterocycles. The predicted molar refractivity (Wildman–Crippen MR) is 54.2 cm³/mol. The average Bonchev–Trinajstić information content (AvgIpc) is 2.02. The average molecular weight is 204 g/mol. The van der Waals surface area contributed by atoms with Gasteiger partial charge in [0.05, 0.1) is 0 Å². The maximum atomic E-state index is 11.7. The number of hydrogen-bond donors (Lipinski definition) is 0. The van der Waals surface area contributed by atoms with Crippen molar-refractivity contribution < 1.29 is 13.9 Å². The second-order valence-corrected chi connectivity index (χ2v) is 6.16. The molecule has 0 aliphatic rings. The second-order valence-electron chi connectivity index (χ2n) is 3.08. The summed E-state index contributed by atoms with van der Waals surface area (Å²) in [6.45, 7) is 7.12. The van der Waals surface area contributed by atoms with Gasteiger partial charge in [0.15, 0.2) is 0 Å². The van der Waals surface area contributed by atoms with Crippen molar-refractivity contribution in [3.05, 3.63) is 11.6 Å². The molecule has 0 radical (unpaired) electrons. The maximum Gasteiger partial charge on any atom is 0.335 e. The molecule has 0 aromatic rings. The monoisotopic (exact) mass is 204 g/mol. The lowest BCUT2D eigenvalue weighted by molar-refractivity contribution is -0.128. The molecule has 0 rings (SSSR count). The summed E-state index contributed by atoms with van der Waals surface area (Å²) >= 11 is 0. The molecule has 0 aromatic heterocycles. The molecule has 0 amide bonds. The van der Waals surface area contributed by atoms with Crippen molar-refractivity contribution >= 4 is 13.3 Å². The van der Waals surface area contributed by atoms with Crippen molar-refractivity contribution in [2.75, 3.05) is 12.3 Å². The van der Waals surface area contributed by atoms with Gasteiger partial charge in [0.2, 0.25) is 0 Å². The summed E-state index contributed by atoms with van der Waals surface area (Å²) in [5.41, 5.74) is 0.851. The van der Waals surface area contributed by atoms with E-state index in [0.29, 0.717) is 12.3 Å². The van der Waals surface area contributed by atoms with Crippen LogP contribution < -0.4 is 0 Å². The summed E-state index contributed by atoms with van der Waals surface area (Å²) < 4.78 is 16.6. The Morgan fingerprint density at radius 2 is 1.77 bits per heavy atom. The third-order valence-corrected chi connectivity index (χ3v) is 4.07. The first-order chi connectivity index (χ1) is 5.93. The summed E-state index contributed by atoms with van der Waals surface area (Å²) in [5.74, 6) is -0.493. The minimum absolute atomic E-state index is 0.409. The Morgan fingerprint density at radius 1 is 1.31 bits per heavy atom. The lowest BCUT2D eigenvalue weighted by Gasteiger charge is -2.13. The zero-order valence-corrected chi connectivity index (χ0v) is 9.56. The van der Waals surface area contributed by atoms with Crippen LogP contribution in [0.4, 0.5) is 0 Å². The molecule has 0 saturated carbocycles. The van der Waals surface area contributed by atoms with Crippen LogP contribution in [0.2, 0.25) is 0 Å². The van der Waals surface area contributed by atoms with Gasteiger partial charge < -0.3 is 4.52 Å². The zero-order chi connectivity index (χ0) is 10.5. The molecule has 0 fully saturated rings. The molecule has 0 N–H and O–H groups in total. The Bertz CT molecular complexity index is 244. The fourth-order valence-electron chi connectivity index (χ4n) is 0.779. The highest BCUT2D eigenvalue weighted by Gasteiger charge is 2.20. The van der Waals surface area contributed by atoms with Gasteiger partial charge in [-0.1, -0.05) is 19.4 Å². The van der Waals surface area contributed by atoms with Crippen LogP contribution in [-0.4, -0.2) is 18.3 Å². The molecular formula is C9H17O3P. The van der Waals surface area contributed by atoms with Crippen LogP contribution in [-0.2, 0) is 13.9 Å². The van der Waals surface area contributed by atoms with Crippen LogP contribution in [0.3, 0.4) is 0 Å². The summed E-state index contributed by atoms with van der Waals surface area (Å²) in [7, 11) is -2.69. The van der Waals surface area contributed by atoms with E-state index < -0.39 is 13.3 Å². The molecule has 0 saturated heterocycles. The molecule has 0 atom stereocenters. The van der Waals surface area contributed by atoms with E-state index in [1.54, 1.807) is 27.7 Å². The summed E-state index contributed by atoms with van der Waals surface area (Å²) in [4.78, 5) is 11.1. The van der Waals surface area contributed by atoms with Crippen molar-refractivity contribution in [2.24, 2.45) is 0 Å². The van der Waals surface area contributed by atoms with Gasteiger partial charge in [-0.3, -0.25) is 4.57 Å². The highest BCUT2D eigenvalue weighted by atomic mass is 31.2. The molecule has 0 unspecified atom stereocenters. The van der Waals surface area contributed by atoms with Crippen molar-refractivity contribution in [3.8, 4) is 0 Å². The normalized spacial score (nSPS) is 10.8. The molecule has 76 valence electrons. The van der Waals surface area contributed by atoms with Crippen molar-refractivity contribution in [2.45, 2.75) is 27.7 Å². The van der Waals surface area contributed by atoms with E-state index in [9.17, 15) is 9.36 Å². The van der Waals surface area contributed by atoms with E-state index in [-0.39, 0.29) is 0 Å². The van der Waals surface area contributed by atoms with Crippen molar-refractivity contribution in [1.29, 1.82) is 0 Å². The van der Waals surface area contributed by atoms with E-state index in [4.69, 9.17) is 4.52 Å². The molecule has 0 aliphatic carbocycles. The first-order valence-corrected chi connectivity index (χ1v) is 6.39. The zero-order valence-electron chi connectivity index (χ0n) is 8.66. The van der Waals surface area contributed by atoms with Crippen LogP contribution in [0.1, 0.15) is 27.7 Å². The van der Waals surface area contributed by atoms with Gasteiger partial charge in [0.25, 0.3) is 7.37 Å². The van der Waals surface area contributed by atoms with Crippen LogP contribution in [0.5, 0.6) is 0 Å². The lowest BCUT2D eigenvalue weighted by Crippen LogP contribution is -2.02. The second kappa shape index (κ2) is 5.23. The minimum atomic E-state index is -2.69. The maximum absolute atomic E-state index is 11.7. The number of rotatable bonds is 4. The Kier molecular flexibility index (Phi) is 5.01. The van der Waals surface area contributed by atoms with Gasteiger partial charge >= 0.3 is 5.97 Å². The number of carbonyl (C=O) groups excluding carboxylic acids is 1. The Morgan fingerprint density at radius 3 is 2.08 bits per heavy atom. The fraction of sp³-hybridized carbons (Fsp3) is 0.667. The molecule has 0 aliphatic heterocycles.